The number of fused-ring (bicyclic) bond motifs is 3. The number of methoxy groups -OCH3 is 1. The molecular weight excluding hydrogens is 224 g/mol. The van der Waals surface area contributed by atoms with Crippen molar-refractivity contribution in [3.8, 4) is 5.75 Å². The van der Waals surface area contributed by atoms with Gasteiger partial charge in [0.1, 0.15) is 5.75 Å². The predicted molar refractivity (Wildman–Crippen MR) is 74.3 cm³/mol. The number of hydrogen-bond acceptors (Lipinski definition) is 2. The van der Waals surface area contributed by atoms with Crippen LogP contribution in [0, 0.1) is 6.92 Å². The van der Waals surface area contributed by atoms with Crippen LogP contribution in [0.4, 0.5) is 0 Å². The zero-order valence-corrected chi connectivity index (χ0v) is 11.0. The zero-order valence-electron chi connectivity index (χ0n) is 11.0. The summed E-state index contributed by atoms with van der Waals surface area (Å²) in [6.45, 7) is 2.89. The normalized spacial score (nSPS) is 18.9. The van der Waals surface area contributed by atoms with Crippen LogP contribution in [0.15, 0.2) is 12.1 Å². The number of nitrogens with one attached hydrogen (secondary N) is 1. The highest BCUT2D eigenvalue weighted by Gasteiger charge is 2.25. The Kier molecular flexibility index (Phi) is 2.78. The van der Waals surface area contributed by atoms with Crippen molar-refractivity contribution in [2.45, 2.75) is 32.1 Å². The van der Waals surface area contributed by atoms with Crippen molar-refractivity contribution in [2.75, 3.05) is 13.7 Å². The van der Waals surface area contributed by atoms with Crippen molar-refractivity contribution in [2.24, 2.45) is 5.73 Å². The van der Waals surface area contributed by atoms with Crippen LogP contribution in [0.5, 0.6) is 5.75 Å². The minimum Gasteiger partial charge on any atom is -0.495 e. The summed E-state index contributed by atoms with van der Waals surface area (Å²) < 4.78 is 5.47. The smallest absolute Gasteiger partial charge is 0.142 e. The molecular formula is C15H20N2O. The van der Waals surface area contributed by atoms with Crippen LogP contribution >= 0.6 is 0 Å². The van der Waals surface area contributed by atoms with Gasteiger partial charge in [0.05, 0.1) is 12.6 Å². The molecule has 1 aromatic carbocycles. The fraction of sp³-hybridized carbons (Fsp3) is 0.467. The van der Waals surface area contributed by atoms with Crippen LogP contribution in [0.25, 0.3) is 10.9 Å². The molecule has 0 saturated carbocycles. The van der Waals surface area contributed by atoms with E-state index in [2.05, 4.69) is 18.0 Å². The predicted octanol–water partition coefficient (Wildman–Crippen LogP) is 2.86. The van der Waals surface area contributed by atoms with Crippen LogP contribution in [-0.2, 0) is 6.42 Å². The molecule has 3 heteroatoms. The topological polar surface area (TPSA) is 51.0 Å². The quantitative estimate of drug-likeness (QED) is 0.853. The lowest BCUT2D eigenvalue weighted by Crippen LogP contribution is -2.17. The summed E-state index contributed by atoms with van der Waals surface area (Å²) in [6.07, 6.45) is 3.58. The van der Waals surface area contributed by atoms with E-state index in [0.29, 0.717) is 5.92 Å². The lowest BCUT2D eigenvalue weighted by atomic mass is 9.86. The molecule has 3 N–H and O–H groups in total. The molecule has 0 amide bonds. The van der Waals surface area contributed by atoms with Crippen molar-refractivity contribution < 1.29 is 4.74 Å². The van der Waals surface area contributed by atoms with Crippen molar-refractivity contribution >= 4 is 10.9 Å². The van der Waals surface area contributed by atoms with Gasteiger partial charge in [-0.05, 0) is 43.4 Å². The van der Waals surface area contributed by atoms with E-state index >= 15 is 0 Å². The van der Waals surface area contributed by atoms with Gasteiger partial charge in [0.15, 0.2) is 0 Å². The Bertz CT molecular complexity index is 586. The minimum absolute atomic E-state index is 0.477. The summed E-state index contributed by atoms with van der Waals surface area (Å²) in [5.41, 5.74) is 11.2. The zero-order chi connectivity index (χ0) is 12.7. The van der Waals surface area contributed by atoms with E-state index in [-0.39, 0.29) is 0 Å². The first kappa shape index (κ1) is 11.6. The third-order valence-electron chi connectivity index (χ3n) is 4.15. The van der Waals surface area contributed by atoms with Crippen molar-refractivity contribution in [1.29, 1.82) is 0 Å². The highest BCUT2D eigenvalue weighted by Crippen LogP contribution is 2.39. The Hall–Kier alpha value is -1.48. The average molecular weight is 244 g/mol. The maximum atomic E-state index is 5.90. The minimum atomic E-state index is 0.477. The van der Waals surface area contributed by atoms with Crippen molar-refractivity contribution in [1.82, 2.24) is 4.98 Å². The monoisotopic (exact) mass is 244 g/mol. The van der Waals surface area contributed by atoms with Crippen LogP contribution < -0.4 is 10.5 Å². The van der Waals surface area contributed by atoms with E-state index in [1.807, 2.05) is 6.07 Å². The molecule has 1 aromatic heterocycles. The first-order valence-corrected chi connectivity index (χ1v) is 6.64. The number of nitrogens with two attached hydrogens (primary N) is 1. The molecule has 3 rings (SSSR count). The summed E-state index contributed by atoms with van der Waals surface area (Å²) in [7, 11) is 1.73. The highest BCUT2D eigenvalue weighted by molar-refractivity contribution is 5.92. The number of hydrogen-bond donors (Lipinski definition) is 2. The molecule has 0 bridgehead atoms. The summed E-state index contributed by atoms with van der Waals surface area (Å²) in [6, 6.07) is 4.18. The van der Waals surface area contributed by atoms with Gasteiger partial charge in [-0.25, -0.2) is 0 Å². The van der Waals surface area contributed by atoms with Gasteiger partial charge in [-0.3, -0.25) is 0 Å². The second-order valence-electron chi connectivity index (χ2n) is 5.18. The molecule has 1 aliphatic rings. The Balaban J connectivity index is 2.31. The fourth-order valence-electron chi connectivity index (χ4n) is 3.23. The second-order valence-corrected chi connectivity index (χ2v) is 5.18. The number of benzene rings is 1. The van der Waals surface area contributed by atoms with Crippen molar-refractivity contribution in [3.05, 3.63) is 29.0 Å². The van der Waals surface area contributed by atoms with Crippen LogP contribution in [0.3, 0.4) is 0 Å². The second kappa shape index (κ2) is 4.32. The first-order valence-electron chi connectivity index (χ1n) is 6.64. The third kappa shape index (κ3) is 1.54. The summed E-state index contributed by atoms with van der Waals surface area (Å²) in [4.78, 5) is 3.57. The molecule has 3 nitrogen and oxygen atoms in total. The van der Waals surface area contributed by atoms with E-state index < -0.39 is 0 Å². The Labute approximate surface area is 107 Å². The van der Waals surface area contributed by atoms with Gasteiger partial charge < -0.3 is 15.5 Å². The van der Waals surface area contributed by atoms with Crippen LogP contribution in [0.2, 0.25) is 0 Å². The lowest BCUT2D eigenvalue weighted by Gasteiger charge is -2.21. The number of ether oxygens (including phenoxy) is 1. The maximum Gasteiger partial charge on any atom is 0.142 e. The van der Waals surface area contributed by atoms with E-state index in [1.165, 1.54) is 35.0 Å². The van der Waals surface area contributed by atoms with Gasteiger partial charge in [-0.1, -0.05) is 6.07 Å². The number of aryl methyl sites for hydroxylation is 2. The van der Waals surface area contributed by atoms with Gasteiger partial charge in [-0.2, -0.15) is 0 Å². The lowest BCUT2D eigenvalue weighted by molar-refractivity contribution is 0.419. The fourth-order valence-corrected chi connectivity index (χ4v) is 3.23. The number of rotatable bonds is 2. The Morgan fingerprint density at radius 1 is 1.44 bits per heavy atom. The first-order chi connectivity index (χ1) is 8.76. The molecule has 0 spiro atoms. The number of H-pyrrole nitrogens is 1. The molecule has 0 fully saturated rings. The van der Waals surface area contributed by atoms with Gasteiger partial charge in [0.2, 0.25) is 0 Å². The van der Waals surface area contributed by atoms with E-state index in [4.69, 9.17) is 10.5 Å². The molecule has 0 aliphatic heterocycles. The number of aromatic nitrogens is 1. The summed E-state index contributed by atoms with van der Waals surface area (Å²) in [5.74, 6) is 1.41. The standard InChI is InChI=1S/C15H20N2O/c1-9-6-7-12(18-2)15-13(9)11-5-3-4-10(8-16)14(11)17-15/h6-7,10,17H,3-5,8,16H2,1-2H3. The average Bonchev–Trinajstić information content (AvgIpc) is 2.79. The van der Waals surface area contributed by atoms with Crippen LogP contribution in [-0.4, -0.2) is 18.6 Å². The largest absolute Gasteiger partial charge is 0.495 e. The van der Waals surface area contributed by atoms with E-state index in [0.717, 1.165) is 24.2 Å². The van der Waals surface area contributed by atoms with Crippen molar-refractivity contribution in [3.63, 3.8) is 0 Å². The SMILES string of the molecule is COc1ccc(C)c2c3c([nH]c12)C(CN)CCC3. The Morgan fingerprint density at radius 2 is 2.28 bits per heavy atom. The molecule has 1 atom stereocenters. The molecule has 0 saturated heterocycles. The molecule has 1 aliphatic carbocycles. The third-order valence-corrected chi connectivity index (χ3v) is 4.15. The Morgan fingerprint density at radius 3 is 3.00 bits per heavy atom. The van der Waals surface area contributed by atoms with Gasteiger partial charge in [0, 0.05) is 23.5 Å². The molecule has 0 radical (unpaired) electrons. The number of aromatic amines is 1. The highest BCUT2D eigenvalue weighted by atomic mass is 16.5. The molecule has 1 heterocycles. The molecule has 1 unspecified atom stereocenters. The molecule has 96 valence electrons. The van der Waals surface area contributed by atoms with E-state index in [1.54, 1.807) is 7.11 Å². The summed E-state index contributed by atoms with van der Waals surface area (Å²) >= 11 is 0. The maximum absolute atomic E-state index is 5.90. The summed E-state index contributed by atoms with van der Waals surface area (Å²) in [5, 5.41) is 1.35. The van der Waals surface area contributed by atoms with Gasteiger partial charge in [0.25, 0.3) is 0 Å². The molecule has 2 aromatic rings. The van der Waals surface area contributed by atoms with Gasteiger partial charge in [-0.15, -0.1) is 0 Å². The van der Waals surface area contributed by atoms with E-state index in [9.17, 15) is 0 Å². The van der Waals surface area contributed by atoms with Crippen LogP contribution in [0.1, 0.15) is 35.6 Å². The molecule has 18 heavy (non-hydrogen) atoms. The van der Waals surface area contributed by atoms with Gasteiger partial charge >= 0.3 is 0 Å².